The number of fused-ring (bicyclic) bond motifs is 5. The SMILES string of the molecule is CC(=O)Oc1cc(OS(=O)(=O)O)cc2c1[C@H]1CC[C@]3(C)C(=O)CC[C@H]3[C@@H]1CC2.CCN(CC)CC.O=S(=O)(O)O. The van der Waals surface area contributed by atoms with Gasteiger partial charge in [0.1, 0.15) is 17.3 Å². The Morgan fingerprint density at radius 2 is 1.57 bits per heavy atom. The molecule has 3 aliphatic carbocycles. The van der Waals surface area contributed by atoms with Gasteiger partial charge in [-0.2, -0.15) is 16.8 Å². The molecule has 2 saturated carbocycles. The maximum atomic E-state index is 12.5. The first-order chi connectivity index (χ1) is 18.4. The van der Waals surface area contributed by atoms with E-state index in [-0.39, 0.29) is 22.8 Å². The molecule has 0 heterocycles. The Kier molecular flexibility index (Phi) is 11.7. The van der Waals surface area contributed by atoms with Crippen molar-refractivity contribution in [1.29, 1.82) is 0 Å². The lowest BCUT2D eigenvalue weighted by Gasteiger charge is -2.48. The molecular formula is C26H41NO11S2. The summed E-state index contributed by atoms with van der Waals surface area (Å²) in [5.74, 6) is 0.871. The third kappa shape index (κ3) is 9.21. The van der Waals surface area contributed by atoms with E-state index < -0.39 is 26.8 Å². The minimum absolute atomic E-state index is 0.0763. The molecule has 0 spiro atoms. The van der Waals surface area contributed by atoms with E-state index in [1.807, 2.05) is 0 Å². The van der Waals surface area contributed by atoms with Crippen LogP contribution in [0.2, 0.25) is 0 Å². The van der Waals surface area contributed by atoms with Crippen LogP contribution in [0.3, 0.4) is 0 Å². The Hall–Kier alpha value is -2.10. The second kappa shape index (κ2) is 13.7. The van der Waals surface area contributed by atoms with Gasteiger partial charge in [-0.05, 0) is 81.1 Å². The monoisotopic (exact) mass is 607 g/mol. The van der Waals surface area contributed by atoms with E-state index in [0.29, 0.717) is 30.5 Å². The lowest BCUT2D eigenvalue weighted by molar-refractivity contribution is -0.132. The smallest absolute Gasteiger partial charge is 0.426 e. The standard InChI is InChI=1S/C20H24O7S.C6H15N.H2O4S/c1-11(21)26-17-10-13(27-28(23,24)25)9-12-3-4-14-15(19(12)17)7-8-20(2)16(14)5-6-18(20)22;1-4-7(5-2)6-3;1-5(2,3)4/h9-10,14-16H,3-8H2,1-2H3,(H,23,24,25);4-6H2,1-3H3;(H2,1,2,3,4)/t14-,15+,16+,20+;;/m1../s1. The molecule has 4 atom stereocenters. The van der Waals surface area contributed by atoms with Crippen molar-refractivity contribution in [2.75, 3.05) is 19.6 Å². The molecule has 0 unspecified atom stereocenters. The maximum absolute atomic E-state index is 12.5. The summed E-state index contributed by atoms with van der Waals surface area (Å²) in [6.07, 6.45) is 4.73. The number of rotatable bonds is 6. The molecule has 1 aromatic carbocycles. The van der Waals surface area contributed by atoms with Crippen molar-refractivity contribution in [2.45, 2.75) is 79.1 Å². The van der Waals surface area contributed by atoms with Crippen LogP contribution in [0.5, 0.6) is 11.5 Å². The van der Waals surface area contributed by atoms with E-state index in [0.717, 1.165) is 36.8 Å². The largest absolute Gasteiger partial charge is 0.446 e. The normalized spacial score (nSPS) is 25.3. The summed E-state index contributed by atoms with van der Waals surface area (Å²) in [5.41, 5.74) is 1.52. The molecule has 2 fully saturated rings. The van der Waals surface area contributed by atoms with Gasteiger partial charge in [0.05, 0.1) is 0 Å². The topological polar surface area (TPSA) is 185 Å². The minimum Gasteiger partial charge on any atom is -0.426 e. The van der Waals surface area contributed by atoms with Gasteiger partial charge in [-0.1, -0.05) is 27.7 Å². The molecule has 40 heavy (non-hydrogen) atoms. The third-order valence-corrected chi connectivity index (χ3v) is 8.67. The molecule has 14 heteroatoms. The molecule has 228 valence electrons. The number of esters is 1. The summed E-state index contributed by atoms with van der Waals surface area (Å²) in [5, 5.41) is 0. The van der Waals surface area contributed by atoms with Crippen molar-refractivity contribution in [2.24, 2.45) is 17.3 Å². The number of ether oxygens (including phenoxy) is 1. The highest BCUT2D eigenvalue weighted by Gasteiger charge is 2.55. The van der Waals surface area contributed by atoms with Crippen molar-refractivity contribution in [1.82, 2.24) is 4.90 Å². The second-order valence-electron chi connectivity index (χ2n) is 10.5. The highest BCUT2D eigenvalue weighted by atomic mass is 32.3. The van der Waals surface area contributed by atoms with E-state index in [1.165, 1.54) is 32.6 Å². The van der Waals surface area contributed by atoms with Crippen LogP contribution in [-0.2, 0) is 36.8 Å². The van der Waals surface area contributed by atoms with Crippen molar-refractivity contribution < 1.29 is 49.0 Å². The Bertz CT molecular complexity index is 1260. The van der Waals surface area contributed by atoms with Crippen molar-refractivity contribution in [3.05, 3.63) is 23.3 Å². The first-order valence-electron chi connectivity index (χ1n) is 13.4. The number of hydrogen-bond acceptors (Lipinski definition) is 9. The Labute approximate surface area is 237 Å². The summed E-state index contributed by atoms with van der Waals surface area (Å²) in [6.45, 7) is 13.5. The molecule has 0 amide bonds. The molecule has 1 aromatic rings. The maximum Gasteiger partial charge on any atom is 0.446 e. The van der Waals surface area contributed by atoms with Crippen LogP contribution in [0.1, 0.15) is 83.8 Å². The zero-order valence-corrected chi connectivity index (χ0v) is 25.3. The van der Waals surface area contributed by atoms with E-state index in [1.54, 1.807) is 6.07 Å². The molecule has 4 rings (SSSR count). The lowest BCUT2D eigenvalue weighted by Crippen LogP contribution is -2.42. The van der Waals surface area contributed by atoms with Gasteiger partial charge in [0.15, 0.2) is 0 Å². The minimum atomic E-state index is -4.68. The van der Waals surface area contributed by atoms with E-state index in [4.69, 9.17) is 26.8 Å². The van der Waals surface area contributed by atoms with E-state index >= 15 is 0 Å². The van der Waals surface area contributed by atoms with Crippen LogP contribution < -0.4 is 8.92 Å². The quantitative estimate of drug-likeness (QED) is 0.241. The zero-order valence-electron chi connectivity index (χ0n) is 23.6. The number of aryl methyl sites for hydroxylation is 1. The first kappa shape index (κ1) is 34.1. The fourth-order valence-corrected chi connectivity index (χ4v) is 6.84. The van der Waals surface area contributed by atoms with Gasteiger partial charge in [0.2, 0.25) is 0 Å². The number of nitrogens with zero attached hydrogens (tertiary/aromatic N) is 1. The van der Waals surface area contributed by atoms with Gasteiger partial charge in [-0.3, -0.25) is 23.2 Å². The van der Waals surface area contributed by atoms with Crippen LogP contribution in [0.25, 0.3) is 0 Å². The second-order valence-corrected chi connectivity index (χ2v) is 12.4. The number of Topliss-reactive ketones (excluding diaryl/α,β-unsaturated/α-hetero) is 1. The highest BCUT2D eigenvalue weighted by molar-refractivity contribution is 7.81. The van der Waals surface area contributed by atoms with Gasteiger partial charge in [0, 0.05) is 30.4 Å². The third-order valence-electron chi connectivity index (χ3n) is 8.26. The Balaban J connectivity index is 0.000000394. The molecule has 0 bridgehead atoms. The number of benzene rings is 1. The predicted molar refractivity (Wildman–Crippen MR) is 147 cm³/mol. The van der Waals surface area contributed by atoms with Crippen molar-refractivity contribution in [3.8, 4) is 11.5 Å². The molecule has 0 aromatic heterocycles. The fourth-order valence-electron chi connectivity index (χ4n) is 6.51. The molecule has 0 radical (unpaired) electrons. The number of ketones is 1. The molecule has 3 N–H and O–H groups in total. The van der Waals surface area contributed by atoms with Gasteiger partial charge >= 0.3 is 26.8 Å². The van der Waals surface area contributed by atoms with Crippen LogP contribution in [0.4, 0.5) is 0 Å². The summed E-state index contributed by atoms with van der Waals surface area (Å²) in [7, 11) is -9.34. The van der Waals surface area contributed by atoms with Crippen LogP contribution >= 0.6 is 0 Å². The van der Waals surface area contributed by atoms with Crippen LogP contribution in [0, 0.1) is 17.3 Å². The number of carbonyl (C=O) groups excluding carboxylic acids is 2. The molecule has 0 aliphatic heterocycles. The summed E-state index contributed by atoms with van der Waals surface area (Å²) < 4.78 is 72.8. The highest BCUT2D eigenvalue weighted by Crippen LogP contribution is 2.60. The first-order valence-corrected chi connectivity index (χ1v) is 16.2. The van der Waals surface area contributed by atoms with E-state index in [9.17, 15) is 18.0 Å². The average molecular weight is 608 g/mol. The molecule has 0 saturated heterocycles. The molecule has 12 nitrogen and oxygen atoms in total. The zero-order chi connectivity index (χ0) is 30.5. The van der Waals surface area contributed by atoms with E-state index in [2.05, 4.69) is 36.8 Å². The van der Waals surface area contributed by atoms with Crippen LogP contribution in [-0.4, -0.2) is 66.8 Å². The summed E-state index contributed by atoms with van der Waals surface area (Å²) in [4.78, 5) is 26.5. The number of hydrogen-bond donors (Lipinski definition) is 3. The fraction of sp³-hybridized carbons (Fsp3) is 0.692. The van der Waals surface area contributed by atoms with Gasteiger partial charge < -0.3 is 13.8 Å². The average Bonchev–Trinajstić information content (AvgIpc) is 3.12. The van der Waals surface area contributed by atoms with Gasteiger partial charge in [0.25, 0.3) is 0 Å². The molecule has 3 aliphatic rings. The lowest BCUT2D eigenvalue weighted by atomic mass is 9.55. The van der Waals surface area contributed by atoms with Gasteiger partial charge in [-0.25, -0.2) is 0 Å². The van der Waals surface area contributed by atoms with Crippen molar-refractivity contribution >= 4 is 32.6 Å². The van der Waals surface area contributed by atoms with Crippen molar-refractivity contribution in [3.63, 3.8) is 0 Å². The summed E-state index contributed by atoms with van der Waals surface area (Å²) in [6, 6.07) is 2.95. The van der Waals surface area contributed by atoms with Gasteiger partial charge in [-0.15, -0.1) is 0 Å². The predicted octanol–water partition coefficient (Wildman–Crippen LogP) is 3.91. The van der Waals surface area contributed by atoms with Crippen LogP contribution in [0.15, 0.2) is 12.1 Å². The Morgan fingerprint density at radius 1 is 1.00 bits per heavy atom. The summed E-state index contributed by atoms with van der Waals surface area (Å²) >= 11 is 0. The molecular weight excluding hydrogens is 566 g/mol. The Morgan fingerprint density at radius 3 is 2.05 bits per heavy atom. The number of carbonyl (C=O) groups is 2.